The molecule has 1 aromatic heterocycles. The van der Waals surface area contributed by atoms with Crippen LogP contribution in [-0.4, -0.2) is 9.78 Å². The predicted octanol–water partition coefficient (Wildman–Crippen LogP) is 3.40. The fourth-order valence-corrected chi connectivity index (χ4v) is 2.06. The zero-order chi connectivity index (χ0) is 12.6. The van der Waals surface area contributed by atoms with Crippen LogP contribution in [0.15, 0.2) is 29.1 Å². The molecule has 5 heteroatoms. The Kier molecular flexibility index (Phi) is 3.31. The summed E-state index contributed by atoms with van der Waals surface area (Å²) in [6.45, 7) is 3.85. The van der Waals surface area contributed by atoms with Crippen molar-refractivity contribution in [2.75, 3.05) is 0 Å². The highest BCUT2D eigenvalue weighted by atomic mass is 35.5. The van der Waals surface area contributed by atoms with Crippen LogP contribution in [0.1, 0.15) is 24.1 Å². The zero-order valence-corrected chi connectivity index (χ0v) is 11.0. The molecule has 0 aliphatic carbocycles. The highest BCUT2D eigenvalue weighted by Gasteiger charge is 2.12. The van der Waals surface area contributed by atoms with E-state index >= 15 is 0 Å². The molecule has 1 aromatic carbocycles. The first kappa shape index (κ1) is 12.3. The van der Waals surface area contributed by atoms with E-state index in [4.69, 9.17) is 23.2 Å². The summed E-state index contributed by atoms with van der Waals surface area (Å²) in [5.74, 6) is 0. The first-order valence-corrected chi connectivity index (χ1v) is 5.97. The molecule has 2 aromatic rings. The first-order chi connectivity index (χ1) is 7.99. The van der Waals surface area contributed by atoms with Gasteiger partial charge in [-0.2, -0.15) is 0 Å². The molecule has 1 N–H and O–H groups in total. The van der Waals surface area contributed by atoms with Crippen LogP contribution < -0.4 is 5.56 Å². The summed E-state index contributed by atoms with van der Waals surface area (Å²) < 4.78 is 1.48. The minimum atomic E-state index is -0.154. The number of aromatic nitrogens is 2. The highest BCUT2D eigenvalue weighted by Crippen LogP contribution is 2.22. The van der Waals surface area contributed by atoms with E-state index in [1.165, 1.54) is 10.7 Å². The Balaban J connectivity index is 2.43. The van der Waals surface area contributed by atoms with Gasteiger partial charge in [0, 0.05) is 11.1 Å². The Hall–Kier alpha value is -1.19. The number of halogens is 2. The van der Waals surface area contributed by atoms with E-state index in [1.54, 1.807) is 0 Å². The van der Waals surface area contributed by atoms with Crippen molar-refractivity contribution in [3.05, 3.63) is 55.9 Å². The standard InChI is InChI=1S/C12H12Cl2N2O/c1-7-3-4-9(5-10(7)13)8(2)16-12(17)6-11(14)15-16/h3-6,8,15H,1-2H3. The fourth-order valence-electron chi connectivity index (χ4n) is 1.69. The molecule has 2 rings (SSSR count). The summed E-state index contributed by atoms with van der Waals surface area (Å²) in [7, 11) is 0. The summed E-state index contributed by atoms with van der Waals surface area (Å²) in [5.41, 5.74) is 1.82. The van der Waals surface area contributed by atoms with Gasteiger partial charge in [0.05, 0.1) is 6.04 Å². The van der Waals surface area contributed by atoms with E-state index in [0.717, 1.165) is 11.1 Å². The molecule has 1 heterocycles. The molecule has 17 heavy (non-hydrogen) atoms. The van der Waals surface area contributed by atoms with Crippen LogP contribution in [0.2, 0.25) is 10.2 Å². The normalized spacial score (nSPS) is 12.7. The van der Waals surface area contributed by atoms with Crippen LogP contribution in [-0.2, 0) is 0 Å². The van der Waals surface area contributed by atoms with Crippen LogP contribution in [0.3, 0.4) is 0 Å². The third-order valence-corrected chi connectivity index (χ3v) is 3.38. The maximum atomic E-state index is 11.6. The lowest BCUT2D eigenvalue weighted by atomic mass is 10.1. The quantitative estimate of drug-likeness (QED) is 0.893. The number of benzene rings is 1. The number of aromatic amines is 1. The number of hydrogen-bond acceptors (Lipinski definition) is 1. The van der Waals surface area contributed by atoms with Crippen LogP contribution in [0.4, 0.5) is 0 Å². The van der Waals surface area contributed by atoms with Gasteiger partial charge in [0.25, 0.3) is 5.56 Å². The molecule has 0 saturated heterocycles. The zero-order valence-electron chi connectivity index (χ0n) is 9.50. The van der Waals surface area contributed by atoms with Crippen molar-refractivity contribution in [3.63, 3.8) is 0 Å². The molecule has 1 atom stereocenters. The average molecular weight is 271 g/mol. The largest absolute Gasteiger partial charge is 0.284 e. The van der Waals surface area contributed by atoms with E-state index in [2.05, 4.69) is 5.10 Å². The lowest BCUT2D eigenvalue weighted by Crippen LogP contribution is -2.20. The van der Waals surface area contributed by atoms with E-state index in [9.17, 15) is 4.79 Å². The number of hydrogen-bond donors (Lipinski definition) is 1. The molecular formula is C12H12Cl2N2O. The van der Waals surface area contributed by atoms with Gasteiger partial charge in [-0.25, -0.2) is 4.68 Å². The van der Waals surface area contributed by atoms with E-state index in [0.29, 0.717) is 10.2 Å². The third kappa shape index (κ3) is 2.40. The molecular weight excluding hydrogens is 259 g/mol. The smallest absolute Gasteiger partial charge is 0.268 e. The molecule has 90 valence electrons. The Morgan fingerprint density at radius 3 is 2.53 bits per heavy atom. The van der Waals surface area contributed by atoms with Gasteiger partial charge < -0.3 is 0 Å². The minimum absolute atomic E-state index is 0.131. The second-order valence-corrected chi connectivity index (χ2v) is 4.81. The summed E-state index contributed by atoms with van der Waals surface area (Å²) in [6, 6.07) is 6.97. The molecule has 0 saturated carbocycles. The molecule has 0 bridgehead atoms. The average Bonchev–Trinajstić information content (AvgIpc) is 2.61. The lowest BCUT2D eigenvalue weighted by Gasteiger charge is -2.13. The molecule has 0 aliphatic heterocycles. The van der Waals surface area contributed by atoms with Crippen molar-refractivity contribution >= 4 is 23.2 Å². The lowest BCUT2D eigenvalue weighted by molar-refractivity contribution is 0.548. The Morgan fingerprint density at radius 2 is 2.00 bits per heavy atom. The van der Waals surface area contributed by atoms with E-state index in [1.807, 2.05) is 32.0 Å². The maximum absolute atomic E-state index is 11.6. The third-order valence-electron chi connectivity index (χ3n) is 2.78. The van der Waals surface area contributed by atoms with Crippen LogP contribution in [0, 0.1) is 6.92 Å². The molecule has 0 amide bonds. The summed E-state index contributed by atoms with van der Waals surface area (Å²) in [5, 5.41) is 3.83. The number of rotatable bonds is 2. The summed E-state index contributed by atoms with van der Waals surface area (Å²) in [4.78, 5) is 11.6. The number of nitrogens with one attached hydrogen (secondary N) is 1. The van der Waals surface area contributed by atoms with Crippen LogP contribution >= 0.6 is 23.2 Å². The molecule has 3 nitrogen and oxygen atoms in total. The molecule has 0 fully saturated rings. The van der Waals surface area contributed by atoms with E-state index < -0.39 is 0 Å². The van der Waals surface area contributed by atoms with Crippen molar-refractivity contribution < 1.29 is 0 Å². The van der Waals surface area contributed by atoms with E-state index in [-0.39, 0.29) is 11.6 Å². The van der Waals surface area contributed by atoms with Gasteiger partial charge in [-0.1, -0.05) is 35.3 Å². The van der Waals surface area contributed by atoms with Crippen LogP contribution in [0.25, 0.3) is 0 Å². The van der Waals surface area contributed by atoms with Gasteiger partial charge in [-0.05, 0) is 31.0 Å². The number of aryl methyl sites for hydroxylation is 1. The topological polar surface area (TPSA) is 37.8 Å². The van der Waals surface area contributed by atoms with Gasteiger partial charge in [0.1, 0.15) is 5.15 Å². The van der Waals surface area contributed by atoms with Crippen molar-refractivity contribution in [3.8, 4) is 0 Å². The van der Waals surface area contributed by atoms with Gasteiger partial charge in [-0.15, -0.1) is 0 Å². The minimum Gasteiger partial charge on any atom is -0.284 e. The second-order valence-electron chi connectivity index (χ2n) is 4.00. The van der Waals surface area contributed by atoms with Crippen LogP contribution in [0.5, 0.6) is 0 Å². The number of nitrogens with zero attached hydrogens (tertiary/aromatic N) is 1. The fraction of sp³-hybridized carbons (Fsp3) is 0.250. The highest BCUT2D eigenvalue weighted by molar-refractivity contribution is 6.31. The molecule has 0 aliphatic rings. The SMILES string of the molecule is Cc1ccc(C(C)n2[nH]c(Cl)cc2=O)cc1Cl. The number of H-pyrrole nitrogens is 1. The van der Waals surface area contributed by atoms with Crippen molar-refractivity contribution in [2.24, 2.45) is 0 Å². The summed E-state index contributed by atoms with van der Waals surface area (Å²) in [6.07, 6.45) is 0. The van der Waals surface area contributed by atoms with Crippen molar-refractivity contribution in [2.45, 2.75) is 19.9 Å². The molecule has 0 radical (unpaired) electrons. The summed E-state index contributed by atoms with van der Waals surface area (Å²) >= 11 is 11.8. The van der Waals surface area contributed by atoms with Crippen molar-refractivity contribution in [1.82, 2.24) is 9.78 Å². The predicted molar refractivity (Wildman–Crippen MR) is 70.1 cm³/mol. The second kappa shape index (κ2) is 4.59. The monoisotopic (exact) mass is 270 g/mol. The van der Waals surface area contributed by atoms with Gasteiger partial charge in [0.15, 0.2) is 0 Å². The molecule has 0 spiro atoms. The van der Waals surface area contributed by atoms with Gasteiger partial charge in [-0.3, -0.25) is 9.89 Å². The van der Waals surface area contributed by atoms with Gasteiger partial charge >= 0.3 is 0 Å². The first-order valence-electron chi connectivity index (χ1n) is 5.22. The van der Waals surface area contributed by atoms with Crippen molar-refractivity contribution in [1.29, 1.82) is 0 Å². The maximum Gasteiger partial charge on any atom is 0.268 e. The molecule has 1 unspecified atom stereocenters. The Labute approximate surface area is 109 Å². The Morgan fingerprint density at radius 1 is 1.29 bits per heavy atom. The Bertz CT molecular complexity index is 601. The van der Waals surface area contributed by atoms with Gasteiger partial charge in [0.2, 0.25) is 0 Å².